The molecule has 1 aliphatic carbocycles. The maximum Gasteiger partial charge on any atom is 0.324 e. The average molecular weight is 482 g/mol. The molecule has 3 aliphatic heterocycles. The fourth-order valence-corrected chi connectivity index (χ4v) is 5.75. The topological polar surface area (TPSA) is 71.6 Å². The van der Waals surface area contributed by atoms with Gasteiger partial charge in [0.05, 0.1) is 27.0 Å². The van der Waals surface area contributed by atoms with Crippen molar-refractivity contribution in [1.29, 1.82) is 0 Å². The van der Waals surface area contributed by atoms with E-state index in [2.05, 4.69) is 13.0 Å². The van der Waals surface area contributed by atoms with E-state index < -0.39 is 5.60 Å². The third-order valence-electron chi connectivity index (χ3n) is 7.81. The van der Waals surface area contributed by atoms with Gasteiger partial charge in [0.25, 0.3) is 5.91 Å². The number of fused-ring (bicyclic) bond motifs is 3. The molecule has 2 fully saturated rings. The molecule has 0 aromatic heterocycles. The van der Waals surface area contributed by atoms with Crippen LogP contribution in [0.15, 0.2) is 36.2 Å². The van der Waals surface area contributed by atoms with Crippen LogP contribution in [0, 0.1) is 5.92 Å². The van der Waals surface area contributed by atoms with Crippen molar-refractivity contribution >= 4 is 11.9 Å². The number of allylic oxidation sites excluding steroid dienone is 2. The number of carbonyl (C=O) groups excluding carboxylic acids is 2. The lowest BCUT2D eigenvalue weighted by Crippen LogP contribution is -2.50. The second kappa shape index (κ2) is 9.13. The van der Waals surface area contributed by atoms with Gasteiger partial charge < -0.3 is 24.0 Å². The van der Waals surface area contributed by atoms with Crippen LogP contribution in [0.1, 0.15) is 50.2 Å². The zero-order chi connectivity index (χ0) is 24.7. The van der Waals surface area contributed by atoms with Gasteiger partial charge in [-0.2, -0.15) is 0 Å². The lowest BCUT2D eigenvalue weighted by molar-refractivity contribution is -0.143. The second-order valence-corrected chi connectivity index (χ2v) is 9.84. The highest BCUT2D eigenvalue weighted by atomic mass is 16.5. The first-order valence-corrected chi connectivity index (χ1v) is 12.6. The number of hydrogen-bond donors (Lipinski definition) is 0. The van der Waals surface area contributed by atoms with Crippen LogP contribution < -0.4 is 9.47 Å². The predicted molar refractivity (Wildman–Crippen MR) is 131 cm³/mol. The molecule has 4 aliphatic rings. The third kappa shape index (κ3) is 4.02. The molecule has 1 aromatic carbocycles. The molecule has 5 rings (SSSR count). The van der Waals surface area contributed by atoms with E-state index in [0.29, 0.717) is 44.9 Å². The maximum atomic E-state index is 13.8. The molecule has 35 heavy (non-hydrogen) atoms. The summed E-state index contributed by atoms with van der Waals surface area (Å²) in [6.07, 6.45) is 8.07. The van der Waals surface area contributed by atoms with Crippen LogP contribution >= 0.6 is 0 Å². The molecule has 8 heteroatoms. The monoisotopic (exact) mass is 481 g/mol. The van der Waals surface area contributed by atoms with Crippen molar-refractivity contribution in [3.8, 4) is 11.5 Å². The molecule has 1 saturated heterocycles. The number of nitrogens with zero attached hydrogens (tertiary/aromatic N) is 3. The van der Waals surface area contributed by atoms with Crippen LogP contribution in [0.5, 0.6) is 11.5 Å². The summed E-state index contributed by atoms with van der Waals surface area (Å²) in [5, 5.41) is 0. The van der Waals surface area contributed by atoms with Gasteiger partial charge in [-0.1, -0.05) is 13.0 Å². The number of urea groups is 1. The van der Waals surface area contributed by atoms with E-state index in [9.17, 15) is 9.59 Å². The fourth-order valence-electron chi connectivity index (χ4n) is 5.75. The molecule has 0 spiro atoms. The largest absolute Gasteiger partial charge is 0.497 e. The summed E-state index contributed by atoms with van der Waals surface area (Å²) in [6.45, 7) is 6.80. The van der Waals surface area contributed by atoms with Gasteiger partial charge in [0.15, 0.2) is 5.60 Å². The van der Waals surface area contributed by atoms with Crippen LogP contribution in [0.4, 0.5) is 4.79 Å². The summed E-state index contributed by atoms with van der Waals surface area (Å²) >= 11 is 0. The lowest BCUT2D eigenvalue weighted by atomic mass is 9.94. The van der Waals surface area contributed by atoms with E-state index in [1.54, 1.807) is 20.5 Å². The third-order valence-corrected chi connectivity index (χ3v) is 7.81. The van der Waals surface area contributed by atoms with Crippen molar-refractivity contribution in [3.05, 3.63) is 47.4 Å². The van der Waals surface area contributed by atoms with Crippen LogP contribution in [-0.2, 0) is 16.1 Å². The smallest absolute Gasteiger partial charge is 0.324 e. The number of methoxy groups -OCH3 is 2. The number of rotatable bonds is 4. The lowest BCUT2D eigenvalue weighted by Gasteiger charge is -2.35. The minimum atomic E-state index is -0.690. The molecule has 3 heterocycles. The quantitative estimate of drug-likeness (QED) is 0.653. The van der Waals surface area contributed by atoms with Crippen molar-refractivity contribution in [2.45, 2.75) is 51.2 Å². The van der Waals surface area contributed by atoms with Crippen LogP contribution in [0.2, 0.25) is 0 Å². The highest BCUT2D eigenvalue weighted by molar-refractivity contribution is 5.90. The van der Waals surface area contributed by atoms with Crippen LogP contribution in [0.25, 0.3) is 0 Å². The molecular weight excluding hydrogens is 446 g/mol. The minimum Gasteiger partial charge on any atom is -0.497 e. The van der Waals surface area contributed by atoms with Crippen LogP contribution in [-0.4, -0.2) is 72.6 Å². The van der Waals surface area contributed by atoms with Gasteiger partial charge in [0, 0.05) is 61.8 Å². The van der Waals surface area contributed by atoms with Gasteiger partial charge in [-0.3, -0.25) is 9.69 Å². The van der Waals surface area contributed by atoms with Crippen molar-refractivity contribution in [2.75, 3.05) is 40.4 Å². The Morgan fingerprint density at radius 3 is 2.69 bits per heavy atom. The Kier molecular flexibility index (Phi) is 6.15. The number of amides is 3. The number of likely N-dealkylation sites (N-methyl/N-ethyl adjacent to an activating group) is 1. The summed E-state index contributed by atoms with van der Waals surface area (Å²) in [5.41, 5.74) is 2.42. The first kappa shape index (κ1) is 23.6. The van der Waals surface area contributed by atoms with E-state index in [4.69, 9.17) is 14.2 Å². The Hall–Kier alpha value is -3.16. The van der Waals surface area contributed by atoms with Gasteiger partial charge in [-0.15, -0.1) is 0 Å². The maximum absolute atomic E-state index is 13.8. The predicted octanol–water partition coefficient (Wildman–Crippen LogP) is 3.87. The van der Waals surface area contributed by atoms with Gasteiger partial charge >= 0.3 is 6.03 Å². The van der Waals surface area contributed by atoms with Gasteiger partial charge in [0.2, 0.25) is 0 Å². The zero-order valence-corrected chi connectivity index (χ0v) is 21.1. The Balaban J connectivity index is 1.44. The normalized spacial score (nSPS) is 27.7. The molecule has 0 bridgehead atoms. The van der Waals surface area contributed by atoms with Gasteiger partial charge in [-0.05, 0) is 37.5 Å². The molecule has 0 N–H and O–H groups in total. The zero-order valence-electron chi connectivity index (χ0n) is 21.1. The Morgan fingerprint density at radius 2 is 2.03 bits per heavy atom. The van der Waals surface area contributed by atoms with E-state index in [1.165, 1.54) is 0 Å². The number of benzene rings is 1. The molecule has 0 radical (unpaired) electrons. The van der Waals surface area contributed by atoms with Crippen molar-refractivity contribution < 1.29 is 23.8 Å². The molecule has 8 nitrogen and oxygen atoms in total. The highest BCUT2D eigenvalue weighted by Crippen LogP contribution is 2.53. The molecule has 188 valence electrons. The first-order valence-electron chi connectivity index (χ1n) is 12.6. The Morgan fingerprint density at radius 1 is 1.20 bits per heavy atom. The molecule has 1 aromatic rings. The molecular formula is C27H35N3O5. The summed E-state index contributed by atoms with van der Waals surface area (Å²) in [5.74, 6) is 1.81. The standard InChI is InChI=1S/C27H35N3O5/c1-5-28-10-11-29(25(31)27-16-20(27)8-12-35-27)9-6-7-21-13-18(2)24-19(17-30(21)26(28)32)14-22(33-3)15-23(24)34-4/h8,12-15,18,20H,5-7,9-11,16-17H2,1-4H3/t18-,20?,27?/m0/s1. The summed E-state index contributed by atoms with van der Waals surface area (Å²) in [6, 6.07) is 3.88. The Labute approximate surface area is 207 Å². The van der Waals surface area contributed by atoms with Crippen LogP contribution in [0.3, 0.4) is 0 Å². The summed E-state index contributed by atoms with van der Waals surface area (Å²) in [7, 11) is 3.31. The molecule has 1 saturated carbocycles. The Bertz CT molecular complexity index is 1080. The van der Waals surface area contributed by atoms with Gasteiger partial charge in [-0.25, -0.2) is 4.79 Å². The van der Waals surface area contributed by atoms with E-state index in [1.807, 2.05) is 39.8 Å². The van der Waals surface area contributed by atoms with Gasteiger partial charge in [0.1, 0.15) is 11.5 Å². The van der Waals surface area contributed by atoms with E-state index in [0.717, 1.165) is 35.4 Å². The number of hydrogen-bond acceptors (Lipinski definition) is 5. The fraction of sp³-hybridized carbons (Fsp3) is 0.556. The summed E-state index contributed by atoms with van der Waals surface area (Å²) < 4.78 is 17.0. The molecule has 3 amide bonds. The number of carbonyl (C=O) groups is 2. The summed E-state index contributed by atoms with van der Waals surface area (Å²) in [4.78, 5) is 32.8. The number of ether oxygens (including phenoxy) is 3. The van der Waals surface area contributed by atoms with Crippen molar-refractivity contribution in [3.63, 3.8) is 0 Å². The second-order valence-electron chi connectivity index (χ2n) is 9.84. The average Bonchev–Trinajstić information content (AvgIpc) is 3.47. The SMILES string of the molecule is CCN1CCN(C(=O)C23CC2C=CO3)CCCC2=C[C@H](C)c3c(cc(OC)cc3OC)CN2C1=O. The minimum absolute atomic E-state index is 0.0314. The van der Waals surface area contributed by atoms with E-state index in [-0.39, 0.29) is 23.8 Å². The molecule has 2 unspecified atom stereocenters. The van der Waals surface area contributed by atoms with E-state index >= 15 is 0 Å². The van der Waals surface area contributed by atoms with Crippen molar-refractivity contribution in [1.82, 2.24) is 14.7 Å². The molecule has 3 atom stereocenters. The van der Waals surface area contributed by atoms with Crippen molar-refractivity contribution in [2.24, 2.45) is 5.92 Å². The highest BCUT2D eigenvalue weighted by Gasteiger charge is 2.64. The first-order chi connectivity index (χ1) is 16.9.